The van der Waals surface area contributed by atoms with Gasteiger partial charge in [0, 0.05) is 11.6 Å². The number of benzene rings is 2. The molecule has 0 heterocycles. The number of esters is 1. The summed E-state index contributed by atoms with van der Waals surface area (Å²) in [6, 6.07) is 14.3. The zero-order valence-electron chi connectivity index (χ0n) is 14.5. The van der Waals surface area contributed by atoms with E-state index in [4.69, 9.17) is 21.1 Å². The van der Waals surface area contributed by atoms with Gasteiger partial charge in [-0.1, -0.05) is 35.9 Å². The van der Waals surface area contributed by atoms with Gasteiger partial charge in [0.05, 0.1) is 26.4 Å². The monoisotopic (exact) mass is 377 g/mol. The smallest absolute Gasteiger partial charge is 0.406 e. The summed E-state index contributed by atoms with van der Waals surface area (Å²) in [4.78, 5) is 22.9. The highest BCUT2D eigenvalue weighted by molar-refractivity contribution is 6.30. The van der Waals surface area contributed by atoms with Crippen molar-refractivity contribution in [3.63, 3.8) is 0 Å². The summed E-state index contributed by atoms with van der Waals surface area (Å²) >= 11 is 6.10. The second-order valence-corrected chi connectivity index (χ2v) is 5.78. The van der Waals surface area contributed by atoms with Gasteiger partial charge >= 0.3 is 12.1 Å². The molecule has 0 saturated heterocycles. The molecule has 0 aliphatic carbocycles. The predicted octanol–water partition coefficient (Wildman–Crippen LogP) is 3.59. The summed E-state index contributed by atoms with van der Waals surface area (Å²) in [5.74, 6) is -0.427. The Morgan fingerprint density at radius 3 is 2.38 bits per heavy atom. The Bertz CT molecular complexity index is 765. The minimum Gasteiger partial charge on any atom is -0.465 e. The number of rotatable bonds is 7. The van der Waals surface area contributed by atoms with Crippen molar-refractivity contribution < 1.29 is 23.8 Å². The number of carbonyl (C=O) groups is 2. The van der Waals surface area contributed by atoms with Gasteiger partial charge in [-0.3, -0.25) is 0 Å². The molecule has 0 saturated carbocycles. The molecular formula is C19H20ClNO5. The second kappa shape index (κ2) is 9.79. The van der Waals surface area contributed by atoms with Crippen LogP contribution in [0.15, 0.2) is 48.5 Å². The van der Waals surface area contributed by atoms with Crippen molar-refractivity contribution in [1.82, 2.24) is 5.32 Å². The average Bonchev–Trinajstić information content (AvgIpc) is 2.67. The van der Waals surface area contributed by atoms with Crippen molar-refractivity contribution in [2.45, 2.75) is 6.10 Å². The first kappa shape index (κ1) is 19.8. The summed E-state index contributed by atoms with van der Waals surface area (Å²) in [6.45, 7) is 0.523. The maximum atomic E-state index is 11.8. The quantitative estimate of drug-likeness (QED) is 0.589. The van der Waals surface area contributed by atoms with Gasteiger partial charge < -0.3 is 19.5 Å². The van der Waals surface area contributed by atoms with Gasteiger partial charge in [0.2, 0.25) is 0 Å². The van der Waals surface area contributed by atoms with E-state index in [1.54, 1.807) is 30.3 Å². The molecule has 1 amide bonds. The maximum absolute atomic E-state index is 11.8. The van der Waals surface area contributed by atoms with Crippen molar-refractivity contribution in [3.05, 3.63) is 70.2 Å². The van der Waals surface area contributed by atoms with Crippen LogP contribution in [0.1, 0.15) is 27.6 Å². The molecule has 0 aliphatic heterocycles. The van der Waals surface area contributed by atoms with Gasteiger partial charge in [-0.05, 0) is 35.4 Å². The van der Waals surface area contributed by atoms with Crippen LogP contribution in [-0.4, -0.2) is 39.4 Å². The van der Waals surface area contributed by atoms with E-state index in [1.807, 2.05) is 18.2 Å². The van der Waals surface area contributed by atoms with Crippen LogP contribution in [0.5, 0.6) is 0 Å². The first-order valence-electron chi connectivity index (χ1n) is 7.92. The Morgan fingerprint density at radius 2 is 1.73 bits per heavy atom. The lowest BCUT2D eigenvalue weighted by Gasteiger charge is -2.20. The third-order valence-corrected chi connectivity index (χ3v) is 3.84. The van der Waals surface area contributed by atoms with Crippen molar-refractivity contribution in [2.24, 2.45) is 0 Å². The van der Waals surface area contributed by atoms with Crippen molar-refractivity contribution in [1.29, 1.82) is 0 Å². The van der Waals surface area contributed by atoms with E-state index < -0.39 is 18.2 Å². The Morgan fingerprint density at radius 1 is 1.04 bits per heavy atom. The summed E-state index contributed by atoms with van der Waals surface area (Å²) in [5.41, 5.74) is 2.03. The number of nitrogens with one attached hydrogen (secondary N) is 1. The van der Waals surface area contributed by atoms with Gasteiger partial charge in [0.25, 0.3) is 0 Å². The molecule has 0 fully saturated rings. The Labute approximate surface area is 157 Å². The number of hydrogen-bond acceptors (Lipinski definition) is 5. The molecule has 1 N–H and O–H groups in total. The van der Waals surface area contributed by atoms with Gasteiger partial charge in [-0.25, -0.2) is 9.59 Å². The molecule has 2 aromatic rings. The van der Waals surface area contributed by atoms with E-state index in [2.05, 4.69) is 10.1 Å². The molecule has 0 aromatic heterocycles. The number of ether oxygens (including phenoxy) is 3. The van der Waals surface area contributed by atoms with Crippen LogP contribution < -0.4 is 5.32 Å². The number of methoxy groups -OCH3 is 2. The lowest BCUT2D eigenvalue weighted by Crippen LogP contribution is -2.27. The lowest BCUT2D eigenvalue weighted by molar-refractivity contribution is 0.0598. The van der Waals surface area contributed by atoms with Crippen LogP contribution in [0.3, 0.4) is 0 Å². The number of halogens is 1. The number of hydrogen-bond donors (Lipinski definition) is 1. The standard InChI is InChI=1S/C19H20ClNO5/c1-24-18(22)15-7-3-5-13(11-15)17(14-6-4-8-16(20)12-14)26-10-9-21-19(23)25-2/h3-8,11-12,17H,9-10H2,1-2H3,(H,21,23)/t17-/m0/s1. The predicted molar refractivity (Wildman–Crippen MR) is 97.4 cm³/mol. The van der Waals surface area contributed by atoms with Crippen LogP contribution in [0.2, 0.25) is 5.02 Å². The number of alkyl carbamates (subject to hydrolysis) is 1. The van der Waals surface area contributed by atoms with Crippen molar-refractivity contribution in [3.8, 4) is 0 Å². The molecule has 2 rings (SSSR count). The Hall–Kier alpha value is -2.57. The summed E-state index contributed by atoms with van der Waals surface area (Å²) in [5, 5.41) is 3.13. The van der Waals surface area contributed by atoms with E-state index in [9.17, 15) is 9.59 Å². The fraction of sp³-hybridized carbons (Fsp3) is 0.263. The van der Waals surface area contributed by atoms with Gasteiger partial charge in [-0.2, -0.15) is 0 Å². The van der Waals surface area contributed by atoms with Gasteiger partial charge in [0.1, 0.15) is 6.10 Å². The molecule has 1 atom stereocenters. The number of amides is 1. The SMILES string of the molecule is COC(=O)NCCO[C@H](c1cccc(Cl)c1)c1cccc(C(=O)OC)c1. The fourth-order valence-electron chi connectivity index (χ4n) is 2.40. The molecule has 6 nitrogen and oxygen atoms in total. The highest BCUT2D eigenvalue weighted by Crippen LogP contribution is 2.28. The molecule has 0 radical (unpaired) electrons. The first-order valence-corrected chi connectivity index (χ1v) is 8.30. The molecule has 138 valence electrons. The summed E-state index contributed by atoms with van der Waals surface area (Å²) in [6.07, 6.45) is -0.988. The first-order chi connectivity index (χ1) is 12.5. The third-order valence-electron chi connectivity index (χ3n) is 3.60. The minimum atomic E-state index is -0.527. The van der Waals surface area contributed by atoms with Gasteiger partial charge in [-0.15, -0.1) is 0 Å². The normalized spacial score (nSPS) is 11.5. The summed E-state index contributed by atoms with van der Waals surface area (Å²) in [7, 11) is 2.63. The van der Waals surface area contributed by atoms with Crippen LogP contribution in [0.4, 0.5) is 4.79 Å². The highest BCUT2D eigenvalue weighted by atomic mass is 35.5. The molecule has 0 spiro atoms. The Balaban J connectivity index is 2.23. The maximum Gasteiger partial charge on any atom is 0.406 e. The van der Waals surface area contributed by atoms with E-state index in [0.717, 1.165) is 11.1 Å². The van der Waals surface area contributed by atoms with Crippen LogP contribution in [0, 0.1) is 0 Å². The molecule has 7 heteroatoms. The van der Waals surface area contributed by atoms with E-state index in [1.165, 1.54) is 14.2 Å². The molecule has 0 aliphatic rings. The second-order valence-electron chi connectivity index (χ2n) is 5.34. The van der Waals surface area contributed by atoms with Crippen LogP contribution in [0.25, 0.3) is 0 Å². The fourth-order valence-corrected chi connectivity index (χ4v) is 2.60. The van der Waals surface area contributed by atoms with E-state index >= 15 is 0 Å². The molecular weight excluding hydrogens is 358 g/mol. The van der Waals surface area contributed by atoms with Crippen LogP contribution >= 0.6 is 11.6 Å². The molecule has 2 aromatic carbocycles. The molecule has 0 bridgehead atoms. The molecule has 0 unspecified atom stereocenters. The zero-order valence-corrected chi connectivity index (χ0v) is 15.3. The summed E-state index contributed by atoms with van der Waals surface area (Å²) < 4.78 is 15.2. The van der Waals surface area contributed by atoms with Crippen LogP contribution in [-0.2, 0) is 14.2 Å². The number of carbonyl (C=O) groups excluding carboxylic acids is 2. The average molecular weight is 378 g/mol. The van der Waals surface area contributed by atoms with Crippen molar-refractivity contribution in [2.75, 3.05) is 27.4 Å². The van der Waals surface area contributed by atoms with Gasteiger partial charge in [0.15, 0.2) is 0 Å². The molecule has 26 heavy (non-hydrogen) atoms. The lowest BCUT2D eigenvalue weighted by atomic mass is 9.99. The highest BCUT2D eigenvalue weighted by Gasteiger charge is 2.17. The minimum absolute atomic E-state index is 0.245. The third kappa shape index (κ3) is 5.47. The van der Waals surface area contributed by atoms with E-state index in [-0.39, 0.29) is 13.2 Å². The topological polar surface area (TPSA) is 73.9 Å². The van der Waals surface area contributed by atoms with Crippen molar-refractivity contribution >= 4 is 23.7 Å². The Kier molecular flexibility index (Phi) is 7.44. The largest absolute Gasteiger partial charge is 0.465 e. The zero-order chi connectivity index (χ0) is 18.9. The van der Waals surface area contributed by atoms with E-state index in [0.29, 0.717) is 10.6 Å².